The lowest BCUT2D eigenvalue weighted by Crippen LogP contribution is -2.34. The van der Waals surface area contributed by atoms with Crippen LogP contribution in [-0.2, 0) is 9.59 Å². The molecule has 0 bridgehead atoms. The molecule has 82 valence electrons. The summed E-state index contributed by atoms with van der Waals surface area (Å²) >= 11 is 0. The molecule has 0 aromatic heterocycles. The van der Waals surface area contributed by atoms with Crippen LogP contribution in [-0.4, -0.2) is 23.0 Å². The van der Waals surface area contributed by atoms with Gasteiger partial charge in [0.1, 0.15) is 0 Å². The lowest BCUT2D eigenvalue weighted by Gasteiger charge is -2.18. The number of carboxylic acids is 1. The number of hydrogen-bond acceptors (Lipinski definition) is 2. The molecule has 1 atom stereocenters. The van der Waals surface area contributed by atoms with Crippen molar-refractivity contribution in [3.8, 4) is 0 Å². The van der Waals surface area contributed by atoms with E-state index in [1.807, 2.05) is 0 Å². The highest BCUT2D eigenvalue weighted by Crippen LogP contribution is 2.09. The Balaban J connectivity index is 3.96. The summed E-state index contributed by atoms with van der Waals surface area (Å²) in [5.41, 5.74) is 0. The van der Waals surface area contributed by atoms with Gasteiger partial charge in [-0.2, -0.15) is 0 Å². The topological polar surface area (TPSA) is 66.4 Å². The van der Waals surface area contributed by atoms with Gasteiger partial charge in [-0.3, -0.25) is 9.59 Å². The van der Waals surface area contributed by atoms with Gasteiger partial charge in [0.25, 0.3) is 0 Å². The minimum atomic E-state index is -0.816. The van der Waals surface area contributed by atoms with Gasteiger partial charge >= 0.3 is 5.97 Å². The summed E-state index contributed by atoms with van der Waals surface area (Å²) in [7, 11) is 0. The molecule has 0 fully saturated rings. The van der Waals surface area contributed by atoms with Gasteiger partial charge in [-0.05, 0) is 18.8 Å². The number of aliphatic carboxylic acids is 1. The quantitative estimate of drug-likeness (QED) is 0.682. The van der Waals surface area contributed by atoms with Gasteiger partial charge in [-0.15, -0.1) is 0 Å². The summed E-state index contributed by atoms with van der Waals surface area (Å²) < 4.78 is 0. The molecule has 2 N–H and O–H groups in total. The molecule has 0 saturated carbocycles. The van der Waals surface area contributed by atoms with Crippen LogP contribution in [0.3, 0.4) is 0 Å². The molecule has 0 rings (SSSR count). The predicted molar refractivity (Wildman–Crippen MR) is 53.9 cm³/mol. The van der Waals surface area contributed by atoms with Crippen LogP contribution in [0.25, 0.3) is 0 Å². The molecular formula is C10H19NO3. The van der Waals surface area contributed by atoms with E-state index in [2.05, 4.69) is 19.2 Å². The molecule has 4 heteroatoms. The van der Waals surface area contributed by atoms with E-state index in [0.717, 1.165) is 6.42 Å². The Labute approximate surface area is 84.7 Å². The van der Waals surface area contributed by atoms with E-state index in [0.29, 0.717) is 12.3 Å². The molecule has 0 heterocycles. The summed E-state index contributed by atoms with van der Waals surface area (Å²) in [6.45, 7) is 5.55. The van der Waals surface area contributed by atoms with Crippen molar-refractivity contribution in [3.63, 3.8) is 0 Å². The number of amides is 1. The van der Waals surface area contributed by atoms with Crippen molar-refractivity contribution in [2.45, 2.75) is 46.1 Å². The first-order chi connectivity index (χ1) is 6.41. The third-order valence-electron chi connectivity index (χ3n) is 1.87. The lowest BCUT2D eigenvalue weighted by molar-refractivity contribution is -0.137. The molecule has 1 amide bonds. The number of carbonyl (C=O) groups is 2. The van der Waals surface area contributed by atoms with Gasteiger partial charge in [0.2, 0.25) is 5.91 Å². The maximum Gasteiger partial charge on any atom is 0.303 e. The Hall–Kier alpha value is -1.06. The van der Waals surface area contributed by atoms with E-state index in [1.165, 1.54) is 6.92 Å². The predicted octanol–water partition coefficient (Wildman–Crippen LogP) is 1.40. The molecule has 0 aliphatic rings. The fourth-order valence-corrected chi connectivity index (χ4v) is 1.40. The van der Waals surface area contributed by atoms with Crippen LogP contribution in [0.2, 0.25) is 0 Å². The zero-order chi connectivity index (χ0) is 11.1. The third-order valence-corrected chi connectivity index (χ3v) is 1.87. The fourth-order valence-electron chi connectivity index (χ4n) is 1.40. The molecule has 0 aliphatic heterocycles. The second-order valence-corrected chi connectivity index (χ2v) is 3.96. The highest BCUT2D eigenvalue weighted by molar-refractivity contribution is 5.73. The standard InChI is InChI=1S/C10H19NO3/c1-7(2)6-9(11-8(3)12)4-5-10(13)14/h7,9H,4-6H2,1-3H3,(H,11,12)(H,13,14). The second kappa shape index (κ2) is 6.40. The van der Waals surface area contributed by atoms with Crippen LogP contribution in [0, 0.1) is 5.92 Å². The van der Waals surface area contributed by atoms with Crippen molar-refractivity contribution < 1.29 is 14.7 Å². The summed E-state index contributed by atoms with van der Waals surface area (Å²) in [6.07, 6.45) is 1.44. The Morgan fingerprint density at radius 3 is 2.29 bits per heavy atom. The third kappa shape index (κ3) is 7.58. The van der Waals surface area contributed by atoms with Crippen molar-refractivity contribution >= 4 is 11.9 Å². The van der Waals surface area contributed by atoms with Crippen LogP contribution in [0.15, 0.2) is 0 Å². The number of nitrogens with one attached hydrogen (secondary N) is 1. The Kier molecular flexibility index (Phi) is 5.92. The number of carbonyl (C=O) groups excluding carboxylic acids is 1. The molecule has 0 saturated heterocycles. The molecule has 0 aromatic rings. The largest absolute Gasteiger partial charge is 0.481 e. The van der Waals surface area contributed by atoms with E-state index in [-0.39, 0.29) is 18.4 Å². The molecule has 14 heavy (non-hydrogen) atoms. The van der Waals surface area contributed by atoms with Gasteiger partial charge in [0.15, 0.2) is 0 Å². The van der Waals surface area contributed by atoms with Crippen LogP contribution < -0.4 is 5.32 Å². The lowest BCUT2D eigenvalue weighted by atomic mass is 10.00. The van der Waals surface area contributed by atoms with Gasteiger partial charge in [0.05, 0.1) is 0 Å². The summed E-state index contributed by atoms with van der Waals surface area (Å²) in [6, 6.07) is -0.0106. The normalized spacial score (nSPS) is 12.6. The highest BCUT2D eigenvalue weighted by atomic mass is 16.4. The monoisotopic (exact) mass is 201 g/mol. The van der Waals surface area contributed by atoms with Crippen molar-refractivity contribution in [1.29, 1.82) is 0 Å². The first-order valence-electron chi connectivity index (χ1n) is 4.90. The molecule has 0 radical (unpaired) electrons. The van der Waals surface area contributed by atoms with E-state index in [4.69, 9.17) is 5.11 Å². The van der Waals surface area contributed by atoms with E-state index in [9.17, 15) is 9.59 Å². The van der Waals surface area contributed by atoms with Gasteiger partial charge in [-0.1, -0.05) is 13.8 Å². The van der Waals surface area contributed by atoms with Crippen molar-refractivity contribution in [2.24, 2.45) is 5.92 Å². The summed E-state index contributed by atoms with van der Waals surface area (Å²) in [4.78, 5) is 21.2. The molecule has 1 unspecified atom stereocenters. The van der Waals surface area contributed by atoms with Crippen molar-refractivity contribution in [1.82, 2.24) is 5.32 Å². The van der Waals surface area contributed by atoms with E-state index < -0.39 is 5.97 Å². The smallest absolute Gasteiger partial charge is 0.303 e. The second-order valence-electron chi connectivity index (χ2n) is 3.96. The highest BCUT2D eigenvalue weighted by Gasteiger charge is 2.13. The molecule has 0 spiro atoms. The number of rotatable bonds is 6. The fraction of sp³-hybridized carbons (Fsp3) is 0.800. The number of hydrogen-bond donors (Lipinski definition) is 2. The van der Waals surface area contributed by atoms with Crippen LogP contribution in [0.4, 0.5) is 0 Å². The first kappa shape index (κ1) is 12.9. The van der Waals surface area contributed by atoms with Crippen LogP contribution in [0.5, 0.6) is 0 Å². The average molecular weight is 201 g/mol. The minimum Gasteiger partial charge on any atom is -0.481 e. The maximum atomic E-state index is 10.8. The van der Waals surface area contributed by atoms with Crippen LogP contribution >= 0.6 is 0 Å². The molecule has 0 aliphatic carbocycles. The average Bonchev–Trinajstić information content (AvgIpc) is 1.97. The van der Waals surface area contributed by atoms with Crippen molar-refractivity contribution in [3.05, 3.63) is 0 Å². The minimum absolute atomic E-state index is 0.0106. The molecule has 0 aromatic carbocycles. The van der Waals surface area contributed by atoms with E-state index in [1.54, 1.807) is 0 Å². The van der Waals surface area contributed by atoms with Gasteiger partial charge in [-0.25, -0.2) is 0 Å². The first-order valence-corrected chi connectivity index (χ1v) is 4.90. The SMILES string of the molecule is CC(=O)NC(CCC(=O)O)CC(C)C. The molecule has 4 nitrogen and oxygen atoms in total. The Morgan fingerprint density at radius 1 is 1.36 bits per heavy atom. The van der Waals surface area contributed by atoms with Crippen molar-refractivity contribution in [2.75, 3.05) is 0 Å². The zero-order valence-electron chi connectivity index (χ0n) is 9.04. The van der Waals surface area contributed by atoms with E-state index >= 15 is 0 Å². The molecular weight excluding hydrogens is 182 g/mol. The summed E-state index contributed by atoms with van der Waals surface area (Å²) in [5.74, 6) is -0.453. The number of carboxylic acid groups (broad SMARTS) is 1. The summed E-state index contributed by atoms with van der Waals surface area (Å²) in [5, 5.41) is 11.3. The Bertz CT molecular complexity index is 202. The van der Waals surface area contributed by atoms with Gasteiger partial charge < -0.3 is 10.4 Å². The maximum absolute atomic E-state index is 10.8. The van der Waals surface area contributed by atoms with Gasteiger partial charge in [0, 0.05) is 19.4 Å². The Morgan fingerprint density at radius 2 is 1.93 bits per heavy atom. The van der Waals surface area contributed by atoms with Crippen LogP contribution in [0.1, 0.15) is 40.0 Å². The zero-order valence-corrected chi connectivity index (χ0v) is 9.04.